The Balaban J connectivity index is 1.85. The van der Waals surface area contributed by atoms with E-state index in [2.05, 4.69) is 0 Å². The Kier molecular flexibility index (Phi) is 4.57. The molecule has 2 rings (SSSR count). The second-order valence-electron chi connectivity index (χ2n) is 4.70. The zero-order valence-corrected chi connectivity index (χ0v) is 11.4. The fourth-order valence-corrected chi connectivity index (χ4v) is 2.00. The molecule has 1 aromatic rings. The van der Waals surface area contributed by atoms with Crippen molar-refractivity contribution in [3.05, 3.63) is 29.8 Å². The Morgan fingerprint density at radius 3 is 2.70 bits per heavy atom. The maximum Gasteiger partial charge on any atom is 0.260 e. The highest BCUT2D eigenvalue weighted by Gasteiger charge is 2.21. The third kappa shape index (κ3) is 3.71. The van der Waals surface area contributed by atoms with Crippen LogP contribution in [-0.4, -0.2) is 49.1 Å². The first-order valence-electron chi connectivity index (χ1n) is 6.48. The molecule has 0 aliphatic carbocycles. The number of rotatable bonds is 4. The van der Waals surface area contributed by atoms with Gasteiger partial charge in [-0.3, -0.25) is 9.59 Å². The molecule has 1 aromatic carbocycles. The number of amides is 2. The topological polar surface area (TPSA) is 81.9 Å². The lowest BCUT2D eigenvalue weighted by Crippen LogP contribution is -2.46. The van der Waals surface area contributed by atoms with E-state index in [-0.39, 0.29) is 18.6 Å². The van der Waals surface area contributed by atoms with Crippen molar-refractivity contribution in [2.45, 2.75) is 13.0 Å². The minimum absolute atomic E-state index is 0.0252. The third-order valence-electron chi connectivity index (χ3n) is 3.09. The third-order valence-corrected chi connectivity index (χ3v) is 3.09. The van der Waals surface area contributed by atoms with Gasteiger partial charge < -0.3 is 20.1 Å². The van der Waals surface area contributed by atoms with E-state index in [1.165, 1.54) is 0 Å². The summed E-state index contributed by atoms with van der Waals surface area (Å²) in [4.78, 5) is 24.6. The standard InChI is InChI=1S/C14H18N2O4/c1-10-8-16(6-7-19-10)13(17)9-20-12-4-2-11(3-5-12)14(15)18/h2-5,10H,6-9H2,1H3,(H2,15,18). The number of carbonyl (C=O) groups excluding carboxylic acids is 2. The summed E-state index contributed by atoms with van der Waals surface area (Å²) in [6.07, 6.45) is 0.0579. The van der Waals surface area contributed by atoms with Crippen molar-refractivity contribution >= 4 is 11.8 Å². The Morgan fingerprint density at radius 2 is 2.10 bits per heavy atom. The molecule has 0 saturated carbocycles. The van der Waals surface area contributed by atoms with Crippen LogP contribution in [0.15, 0.2) is 24.3 Å². The second kappa shape index (κ2) is 6.38. The van der Waals surface area contributed by atoms with Crippen LogP contribution >= 0.6 is 0 Å². The zero-order valence-electron chi connectivity index (χ0n) is 11.4. The van der Waals surface area contributed by atoms with Crippen molar-refractivity contribution in [3.8, 4) is 5.75 Å². The second-order valence-corrected chi connectivity index (χ2v) is 4.70. The van der Waals surface area contributed by atoms with Crippen molar-refractivity contribution in [2.75, 3.05) is 26.3 Å². The molecule has 1 fully saturated rings. The average Bonchev–Trinajstić information content (AvgIpc) is 2.45. The van der Waals surface area contributed by atoms with Crippen LogP contribution in [0.4, 0.5) is 0 Å². The molecule has 0 radical (unpaired) electrons. The predicted octanol–water partition coefficient (Wildman–Crippen LogP) is 0.412. The summed E-state index contributed by atoms with van der Waals surface area (Å²) in [7, 11) is 0. The molecule has 0 aromatic heterocycles. The fraction of sp³-hybridized carbons (Fsp3) is 0.429. The van der Waals surface area contributed by atoms with Gasteiger partial charge in [-0.1, -0.05) is 0 Å². The summed E-state index contributed by atoms with van der Waals surface area (Å²) < 4.78 is 10.8. The number of morpholine rings is 1. The highest BCUT2D eigenvalue weighted by Crippen LogP contribution is 2.12. The van der Waals surface area contributed by atoms with E-state index in [0.717, 1.165) is 0 Å². The Bertz CT molecular complexity index is 486. The van der Waals surface area contributed by atoms with Gasteiger partial charge in [0.05, 0.1) is 12.7 Å². The number of carbonyl (C=O) groups is 2. The van der Waals surface area contributed by atoms with Gasteiger partial charge in [0.25, 0.3) is 5.91 Å². The Morgan fingerprint density at radius 1 is 1.40 bits per heavy atom. The van der Waals surface area contributed by atoms with E-state index >= 15 is 0 Å². The SMILES string of the molecule is CC1CN(C(=O)COc2ccc(C(N)=O)cc2)CCO1. The minimum atomic E-state index is -0.491. The van der Waals surface area contributed by atoms with Gasteiger partial charge in [0, 0.05) is 18.7 Å². The van der Waals surface area contributed by atoms with Gasteiger partial charge in [0.2, 0.25) is 5.91 Å². The van der Waals surface area contributed by atoms with Gasteiger partial charge >= 0.3 is 0 Å². The summed E-state index contributed by atoms with van der Waals surface area (Å²) in [6, 6.07) is 6.38. The van der Waals surface area contributed by atoms with E-state index in [1.807, 2.05) is 6.92 Å². The molecular formula is C14H18N2O4. The molecule has 2 N–H and O–H groups in total. The van der Waals surface area contributed by atoms with Gasteiger partial charge in [-0.25, -0.2) is 0 Å². The van der Waals surface area contributed by atoms with E-state index in [1.54, 1.807) is 29.2 Å². The summed E-state index contributed by atoms with van der Waals surface area (Å²) in [5.74, 6) is -0.0290. The van der Waals surface area contributed by atoms with Crippen LogP contribution in [0.5, 0.6) is 5.75 Å². The summed E-state index contributed by atoms with van der Waals surface area (Å²) >= 11 is 0. The molecule has 1 unspecified atom stereocenters. The molecule has 108 valence electrons. The predicted molar refractivity (Wildman–Crippen MR) is 72.4 cm³/mol. The maximum absolute atomic E-state index is 12.0. The van der Waals surface area contributed by atoms with Crippen molar-refractivity contribution in [3.63, 3.8) is 0 Å². The van der Waals surface area contributed by atoms with Crippen LogP contribution in [0.1, 0.15) is 17.3 Å². The lowest BCUT2D eigenvalue weighted by molar-refractivity contribution is -0.140. The highest BCUT2D eigenvalue weighted by molar-refractivity contribution is 5.92. The summed E-state index contributed by atoms with van der Waals surface area (Å²) in [5, 5.41) is 0. The van der Waals surface area contributed by atoms with E-state index < -0.39 is 5.91 Å². The molecule has 1 saturated heterocycles. The maximum atomic E-state index is 12.0. The zero-order chi connectivity index (χ0) is 14.5. The number of hydrogen-bond donors (Lipinski definition) is 1. The molecule has 0 bridgehead atoms. The first-order chi connectivity index (χ1) is 9.56. The Labute approximate surface area is 117 Å². The van der Waals surface area contributed by atoms with Crippen LogP contribution in [0, 0.1) is 0 Å². The molecular weight excluding hydrogens is 260 g/mol. The van der Waals surface area contributed by atoms with Crippen LogP contribution in [0.3, 0.4) is 0 Å². The van der Waals surface area contributed by atoms with Gasteiger partial charge in [-0.15, -0.1) is 0 Å². The number of benzene rings is 1. The first kappa shape index (κ1) is 14.3. The molecule has 1 atom stereocenters. The van der Waals surface area contributed by atoms with Crippen molar-refractivity contribution in [1.29, 1.82) is 0 Å². The summed E-state index contributed by atoms with van der Waals surface area (Å²) in [6.45, 7) is 3.64. The van der Waals surface area contributed by atoms with Crippen LogP contribution in [0.25, 0.3) is 0 Å². The Hall–Kier alpha value is -2.08. The molecule has 2 amide bonds. The lowest BCUT2D eigenvalue weighted by Gasteiger charge is -2.31. The molecule has 1 heterocycles. The number of hydrogen-bond acceptors (Lipinski definition) is 4. The first-order valence-corrected chi connectivity index (χ1v) is 6.48. The highest BCUT2D eigenvalue weighted by atomic mass is 16.5. The van der Waals surface area contributed by atoms with Crippen LogP contribution in [-0.2, 0) is 9.53 Å². The minimum Gasteiger partial charge on any atom is -0.484 e. The van der Waals surface area contributed by atoms with Crippen molar-refractivity contribution < 1.29 is 19.1 Å². The fourth-order valence-electron chi connectivity index (χ4n) is 2.00. The molecule has 1 aliphatic rings. The molecule has 20 heavy (non-hydrogen) atoms. The number of ether oxygens (including phenoxy) is 2. The molecule has 6 nitrogen and oxygen atoms in total. The van der Waals surface area contributed by atoms with Crippen LogP contribution < -0.4 is 10.5 Å². The monoisotopic (exact) mass is 278 g/mol. The van der Waals surface area contributed by atoms with Gasteiger partial charge in [0.1, 0.15) is 5.75 Å². The van der Waals surface area contributed by atoms with Gasteiger partial charge in [-0.2, -0.15) is 0 Å². The normalized spacial score (nSPS) is 18.6. The largest absolute Gasteiger partial charge is 0.484 e. The van der Waals surface area contributed by atoms with Gasteiger partial charge in [0.15, 0.2) is 6.61 Å². The quantitative estimate of drug-likeness (QED) is 0.865. The van der Waals surface area contributed by atoms with Crippen molar-refractivity contribution in [2.24, 2.45) is 5.73 Å². The van der Waals surface area contributed by atoms with Crippen LogP contribution in [0.2, 0.25) is 0 Å². The number of primary amides is 1. The lowest BCUT2D eigenvalue weighted by atomic mass is 10.2. The smallest absolute Gasteiger partial charge is 0.260 e. The molecule has 6 heteroatoms. The average molecular weight is 278 g/mol. The number of nitrogens with zero attached hydrogens (tertiary/aromatic N) is 1. The van der Waals surface area contributed by atoms with E-state index in [4.69, 9.17) is 15.2 Å². The molecule has 0 spiro atoms. The van der Waals surface area contributed by atoms with E-state index in [0.29, 0.717) is 31.0 Å². The van der Waals surface area contributed by atoms with Gasteiger partial charge in [-0.05, 0) is 31.2 Å². The number of nitrogens with two attached hydrogens (primary N) is 1. The van der Waals surface area contributed by atoms with Crippen molar-refractivity contribution in [1.82, 2.24) is 4.90 Å². The van der Waals surface area contributed by atoms with E-state index in [9.17, 15) is 9.59 Å². The molecule has 1 aliphatic heterocycles. The summed E-state index contributed by atoms with van der Waals surface area (Å²) in [5.41, 5.74) is 5.55.